The lowest BCUT2D eigenvalue weighted by molar-refractivity contribution is -0.0349. The highest BCUT2D eigenvalue weighted by molar-refractivity contribution is 5.70. The Labute approximate surface area is 201 Å². The Hall–Kier alpha value is -2.60. The van der Waals surface area contributed by atoms with Crippen LogP contribution >= 0.6 is 0 Å². The molecular weight excluding hydrogens is 431 g/mol. The Balaban J connectivity index is 1.33. The van der Waals surface area contributed by atoms with Crippen molar-refractivity contribution in [3.05, 3.63) is 53.3 Å². The molecule has 2 aromatic rings. The molecule has 4 aliphatic rings. The average Bonchev–Trinajstić information content (AvgIpc) is 3.03. The number of carbonyl (C=O) groups is 1. The quantitative estimate of drug-likeness (QED) is 0.612. The number of fused-ring (bicyclic) bond motifs is 4. The lowest BCUT2D eigenvalue weighted by Gasteiger charge is -2.44. The van der Waals surface area contributed by atoms with E-state index in [4.69, 9.17) is 9.47 Å². The molecule has 0 radical (unpaired) electrons. The molecule has 3 aliphatic heterocycles. The first kappa shape index (κ1) is 23.2. The molecule has 2 aromatic carbocycles. The summed E-state index contributed by atoms with van der Waals surface area (Å²) in [5, 5.41) is 3.08. The molecule has 0 aromatic heterocycles. The molecular formula is C28H35FN2O3. The third kappa shape index (κ3) is 4.52. The first-order valence-electron chi connectivity index (χ1n) is 12.5. The molecule has 2 atom stereocenters. The Morgan fingerprint density at radius 3 is 2.47 bits per heavy atom. The molecule has 0 saturated carbocycles. The molecule has 6 heteroatoms. The topological polar surface area (TPSA) is 50.8 Å². The van der Waals surface area contributed by atoms with Crippen LogP contribution in [0, 0.1) is 17.2 Å². The van der Waals surface area contributed by atoms with Gasteiger partial charge in [0.05, 0.1) is 12.1 Å². The molecule has 1 aliphatic carbocycles. The molecule has 1 N–H and O–H groups in total. The van der Waals surface area contributed by atoms with E-state index in [0.717, 1.165) is 61.3 Å². The van der Waals surface area contributed by atoms with E-state index in [1.54, 1.807) is 6.07 Å². The number of rotatable bonds is 5. The van der Waals surface area contributed by atoms with E-state index < -0.39 is 6.09 Å². The highest BCUT2D eigenvalue weighted by atomic mass is 19.1. The molecule has 3 heterocycles. The lowest BCUT2D eigenvalue weighted by Crippen LogP contribution is -2.53. The maximum absolute atomic E-state index is 15.3. The average molecular weight is 467 g/mol. The maximum Gasteiger partial charge on any atom is 0.407 e. The van der Waals surface area contributed by atoms with Crippen molar-refractivity contribution in [2.24, 2.45) is 11.3 Å². The summed E-state index contributed by atoms with van der Waals surface area (Å²) in [6.45, 7) is 11.2. The van der Waals surface area contributed by atoms with E-state index >= 15 is 4.39 Å². The van der Waals surface area contributed by atoms with Gasteiger partial charge in [0.1, 0.15) is 17.7 Å². The van der Waals surface area contributed by atoms with Gasteiger partial charge in [-0.2, -0.15) is 0 Å². The highest BCUT2D eigenvalue weighted by Crippen LogP contribution is 2.47. The number of hydrogen-bond acceptors (Lipinski definition) is 4. The van der Waals surface area contributed by atoms with Gasteiger partial charge in [-0.15, -0.1) is 0 Å². The van der Waals surface area contributed by atoms with Gasteiger partial charge < -0.3 is 14.8 Å². The molecule has 3 fully saturated rings. The van der Waals surface area contributed by atoms with E-state index in [1.807, 2.05) is 44.2 Å². The predicted octanol–water partition coefficient (Wildman–Crippen LogP) is 5.72. The third-order valence-electron chi connectivity index (χ3n) is 7.62. The maximum atomic E-state index is 15.3. The van der Waals surface area contributed by atoms with Crippen molar-refractivity contribution >= 4 is 6.09 Å². The van der Waals surface area contributed by atoms with E-state index in [1.165, 1.54) is 0 Å². The number of hydrogen-bond donors (Lipinski definition) is 1. The van der Waals surface area contributed by atoms with E-state index in [2.05, 4.69) is 24.1 Å². The zero-order valence-corrected chi connectivity index (χ0v) is 20.6. The Bertz CT molecular complexity index is 1060. The Kier molecular flexibility index (Phi) is 6.05. The van der Waals surface area contributed by atoms with Crippen molar-refractivity contribution in [2.45, 2.75) is 65.2 Å². The monoisotopic (exact) mass is 466 g/mol. The fourth-order valence-corrected chi connectivity index (χ4v) is 5.88. The first-order valence-corrected chi connectivity index (χ1v) is 12.5. The van der Waals surface area contributed by atoms with Crippen molar-refractivity contribution in [3.63, 3.8) is 0 Å². The molecule has 3 saturated heterocycles. The summed E-state index contributed by atoms with van der Waals surface area (Å²) in [6, 6.07) is 10.8. The summed E-state index contributed by atoms with van der Waals surface area (Å²) in [6.07, 6.45) is 2.59. The standard InChI is InChI=1S/C28H35FN2O3/c1-17(2)33-21-7-5-18(6-8-21)22-13-20-15-28(3,4)26(23(20)14-24(22)29)30-27(32)34-25-16-31-11-9-19(25)10-12-31/h5-8,13-14,17,19,25-26H,9-12,15-16H2,1-4H3,(H,30,32)/t25-,26-/m0/s1. The fourth-order valence-electron chi connectivity index (χ4n) is 5.88. The summed E-state index contributed by atoms with van der Waals surface area (Å²) in [5.74, 6) is 0.940. The molecule has 6 rings (SSSR count). The zero-order valence-electron chi connectivity index (χ0n) is 20.6. The number of carbonyl (C=O) groups excluding carboxylic acids is 1. The van der Waals surface area contributed by atoms with Crippen LogP contribution in [0.5, 0.6) is 5.75 Å². The van der Waals surface area contributed by atoms with Gasteiger partial charge in [-0.05, 0) is 98.5 Å². The summed E-state index contributed by atoms with van der Waals surface area (Å²) >= 11 is 0. The second-order valence-corrected chi connectivity index (χ2v) is 11.0. The number of nitrogens with zero attached hydrogens (tertiary/aromatic N) is 1. The minimum Gasteiger partial charge on any atom is -0.491 e. The number of ether oxygens (including phenoxy) is 2. The third-order valence-corrected chi connectivity index (χ3v) is 7.62. The summed E-state index contributed by atoms with van der Waals surface area (Å²) in [4.78, 5) is 15.2. The van der Waals surface area contributed by atoms with Crippen molar-refractivity contribution in [3.8, 4) is 16.9 Å². The summed E-state index contributed by atoms with van der Waals surface area (Å²) < 4.78 is 26.9. The van der Waals surface area contributed by atoms with Crippen LogP contribution in [0.2, 0.25) is 0 Å². The van der Waals surface area contributed by atoms with Crippen LogP contribution in [0.25, 0.3) is 11.1 Å². The Morgan fingerprint density at radius 1 is 1.15 bits per heavy atom. The number of benzene rings is 2. The van der Waals surface area contributed by atoms with Gasteiger partial charge >= 0.3 is 6.09 Å². The minimum absolute atomic E-state index is 0.0479. The van der Waals surface area contributed by atoms with Crippen LogP contribution in [-0.4, -0.2) is 42.8 Å². The summed E-state index contributed by atoms with van der Waals surface area (Å²) in [7, 11) is 0. The van der Waals surface area contributed by atoms with Gasteiger partial charge in [0.15, 0.2) is 0 Å². The van der Waals surface area contributed by atoms with Gasteiger partial charge in [0.2, 0.25) is 0 Å². The van der Waals surface area contributed by atoms with Gasteiger partial charge in [-0.3, -0.25) is 4.90 Å². The van der Waals surface area contributed by atoms with Crippen molar-refractivity contribution in [1.29, 1.82) is 0 Å². The smallest absolute Gasteiger partial charge is 0.407 e. The summed E-state index contributed by atoms with van der Waals surface area (Å²) in [5.41, 5.74) is 3.05. The van der Waals surface area contributed by atoms with Gasteiger partial charge in [0.25, 0.3) is 0 Å². The van der Waals surface area contributed by atoms with E-state index in [0.29, 0.717) is 11.5 Å². The van der Waals surface area contributed by atoms with Crippen LogP contribution in [0.1, 0.15) is 57.7 Å². The number of halogens is 1. The molecule has 0 spiro atoms. The normalized spacial score (nSPS) is 26.9. The van der Waals surface area contributed by atoms with Crippen molar-refractivity contribution in [2.75, 3.05) is 19.6 Å². The lowest BCUT2D eigenvalue weighted by atomic mass is 9.85. The molecule has 0 unspecified atom stereocenters. The number of nitrogens with one attached hydrogen (secondary N) is 1. The largest absolute Gasteiger partial charge is 0.491 e. The van der Waals surface area contributed by atoms with Crippen LogP contribution in [-0.2, 0) is 11.2 Å². The van der Waals surface area contributed by atoms with Crippen LogP contribution in [0.15, 0.2) is 36.4 Å². The highest BCUT2D eigenvalue weighted by Gasteiger charge is 2.42. The molecule has 182 valence electrons. The van der Waals surface area contributed by atoms with Crippen LogP contribution in [0.3, 0.4) is 0 Å². The van der Waals surface area contributed by atoms with Gasteiger partial charge in [-0.25, -0.2) is 9.18 Å². The van der Waals surface area contributed by atoms with Gasteiger partial charge in [-0.1, -0.05) is 26.0 Å². The van der Waals surface area contributed by atoms with E-state index in [9.17, 15) is 4.79 Å². The van der Waals surface area contributed by atoms with Crippen molar-refractivity contribution < 1.29 is 18.7 Å². The van der Waals surface area contributed by atoms with Gasteiger partial charge in [0, 0.05) is 12.1 Å². The number of alkyl carbamates (subject to hydrolysis) is 1. The number of amides is 1. The number of piperidine rings is 3. The molecule has 1 amide bonds. The second kappa shape index (κ2) is 8.88. The fraction of sp³-hybridized carbons (Fsp3) is 0.536. The van der Waals surface area contributed by atoms with Crippen LogP contribution < -0.4 is 10.1 Å². The van der Waals surface area contributed by atoms with Crippen molar-refractivity contribution in [1.82, 2.24) is 10.2 Å². The second-order valence-electron chi connectivity index (χ2n) is 11.0. The zero-order chi connectivity index (χ0) is 24.0. The first-order chi connectivity index (χ1) is 16.2. The predicted molar refractivity (Wildman–Crippen MR) is 130 cm³/mol. The SMILES string of the molecule is CC(C)Oc1ccc(-c2cc3c(cc2F)[C@H](NC(=O)O[C@H]2CN4CCC2CC4)C(C)(C)C3)cc1. The van der Waals surface area contributed by atoms with E-state index in [-0.39, 0.29) is 29.5 Å². The molecule has 2 bridgehead atoms. The Morgan fingerprint density at radius 2 is 1.85 bits per heavy atom. The van der Waals surface area contributed by atoms with Crippen LogP contribution in [0.4, 0.5) is 9.18 Å². The molecule has 34 heavy (non-hydrogen) atoms. The molecule has 5 nitrogen and oxygen atoms in total. The minimum atomic E-state index is -0.394.